The number of para-hydroxylation sites is 1. The van der Waals surface area contributed by atoms with E-state index in [0.29, 0.717) is 12.6 Å². The summed E-state index contributed by atoms with van der Waals surface area (Å²) in [5.74, 6) is 0.784. The van der Waals surface area contributed by atoms with Crippen LogP contribution in [0.1, 0.15) is 37.0 Å². The van der Waals surface area contributed by atoms with Gasteiger partial charge < -0.3 is 20.6 Å². The van der Waals surface area contributed by atoms with E-state index >= 15 is 0 Å². The molecule has 6 heteroatoms. The summed E-state index contributed by atoms with van der Waals surface area (Å²) < 4.78 is 0. The Morgan fingerprint density at radius 1 is 1.10 bits per heavy atom. The number of aliphatic hydroxyl groups is 1. The molecular weight excluding hydrogens is 475 g/mol. The number of anilines is 1. The monoisotopic (exact) mass is 508 g/mol. The molecule has 0 aliphatic carbocycles. The zero-order chi connectivity index (χ0) is 19.8. The van der Waals surface area contributed by atoms with Gasteiger partial charge in [0, 0.05) is 31.4 Å². The third-order valence-electron chi connectivity index (χ3n) is 5.19. The number of benzene rings is 2. The molecule has 1 fully saturated rings. The quantitative estimate of drug-likeness (QED) is 0.315. The Morgan fingerprint density at radius 2 is 1.76 bits per heavy atom. The molecule has 1 atom stereocenters. The van der Waals surface area contributed by atoms with Gasteiger partial charge in [-0.05, 0) is 44.4 Å². The number of rotatable bonds is 6. The number of aliphatic imine (C=N–C) groups is 1. The molecule has 1 saturated heterocycles. The van der Waals surface area contributed by atoms with Gasteiger partial charge >= 0.3 is 0 Å². The Hall–Kier alpha value is -1.80. The van der Waals surface area contributed by atoms with Crippen molar-refractivity contribution in [2.24, 2.45) is 4.99 Å². The second-order valence-electron chi connectivity index (χ2n) is 7.39. The average Bonchev–Trinajstić information content (AvgIpc) is 2.73. The number of piperidine rings is 1. The van der Waals surface area contributed by atoms with Crippen molar-refractivity contribution >= 4 is 35.6 Å². The molecule has 2 aromatic carbocycles. The molecule has 0 radical (unpaired) electrons. The molecular formula is C23H33IN4O. The minimum absolute atomic E-state index is 0. The Morgan fingerprint density at radius 3 is 2.38 bits per heavy atom. The fraction of sp³-hybridized carbons (Fsp3) is 0.435. The summed E-state index contributed by atoms with van der Waals surface area (Å²) in [6, 6.07) is 19.0. The molecule has 1 aliphatic rings. The molecule has 3 N–H and O–H groups in total. The Labute approximate surface area is 191 Å². The lowest BCUT2D eigenvalue weighted by Gasteiger charge is -2.34. The first-order valence-corrected chi connectivity index (χ1v) is 10.2. The number of hydrogen-bond donors (Lipinski definition) is 3. The molecule has 2 aromatic rings. The molecule has 3 rings (SSSR count). The summed E-state index contributed by atoms with van der Waals surface area (Å²) in [6.07, 6.45) is 1.55. The molecule has 29 heavy (non-hydrogen) atoms. The molecule has 158 valence electrons. The molecule has 1 aliphatic heterocycles. The molecule has 1 heterocycles. The fourth-order valence-electron chi connectivity index (χ4n) is 3.51. The zero-order valence-electron chi connectivity index (χ0n) is 17.3. The van der Waals surface area contributed by atoms with Crippen LogP contribution in [0, 0.1) is 6.92 Å². The van der Waals surface area contributed by atoms with Crippen LogP contribution in [0.5, 0.6) is 0 Å². The van der Waals surface area contributed by atoms with Crippen molar-refractivity contribution in [3.8, 4) is 0 Å². The summed E-state index contributed by atoms with van der Waals surface area (Å²) in [7, 11) is 0. The van der Waals surface area contributed by atoms with Crippen molar-refractivity contribution in [2.75, 3.05) is 31.1 Å². The van der Waals surface area contributed by atoms with Crippen LogP contribution in [0.3, 0.4) is 0 Å². The number of aliphatic hydroxyl groups excluding tert-OH is 1. The van der Waals surface area contributed by atoms with E-state index in [2.05, 4.69) is 57.8 Å². The minimum atomic E-state index is -0.587. The summed E-state index contributed by atoms with van der Waals surface area (Å²) in [5.41, 5.74) is 3.39. The second kappa shape index (κ2) is 12.0. The van der Waals surface area contributed by atoms with Gasteiger partial charge in [0.1, 0.15) is 0 Å². The standard InChI is InChI=1S/C23H32N4O.HI/c1-3-24-23(25-17-22(28)19-11-9-18(2)10-12-19)26-20-13-15-27(16-14-20)21-7-5-4-6-8-21;/h4-12,20,22,28H,3,13-17H2,1-2H3,(H2,24,25,26);1H. The van der Waals surface area contributed by atoms with Crippen LogP contribution < -0.4 is 15.5 Å². The molecule has 0 aromatic heterocycles. The number of halogens is 1. The Kier molecular flexibility index (Phi) is 9.73. The van der Waals surface area contributed by atoms with Gasteiger partial charge in [-0.3, -0.25) is 4.99 Å². The third kappa shape index (κ3) is 7.19. The number of aryl methyl sites for hydroxylation is 1. The largest absolute Gasteiger partial charge is 0.386 e. The van der Waals surface area contributed by atoms with E-state index in [-0.39, 0.29) is 24.0 Å². The zero-order valence-corrected chi connectivity index (χ0v) is 19.7. The fourth-order valence-corrected chi connectivity index (χ4v) is 3.51. The van der Waals surface area contributed by atoms with Gasteiger partial charge in [0.25, 0.3) is 0 Å². The van der Waals surface area contributed by atoms with Crippen LogP contribution in [0.4, 0.5) is 5.69 Å². The normalized spacial score (nSPS) is 16.1. The molecule has 1 unspecified atom stereocenters. The van der Waals surface area contributed by atoms with Crippen LogP contribution in [-0.2, 0) is 0 Å². The number of guanidine groups is 1. The third-order valence-corrected chi connectivity index (χ3v) is 5.19. The molecule has 5 nitrogen and oxygen atoms in total. The van der Waals surface area contributed by atoms with Crippen molar-refractivity contribution in [1.29, 1.82) is 0 Å². The smallest absolute Gasteiger partial charge is 0.191 e. The number of nitrogens with one attached hydrogen (secondary N) is 2. The van der Waals surface area contributed by atoms with Gasteiger partial charge in [0.2, 0.25) is 0 Å². The highest BCUT2D eigenvalue weighted by atomic mass is 127. The van der Waals surface area contributed by atoms with Gasteiger partial charge in [0.05, 0.1) is 12.6 Å². The minimum Gasteiger partial charge on any atom is -0.386 e. The van der Waals surface area contributed by atoms with E-state index in [1.807, 2.05) is 31.2 Å². The first-order valence-electron chi connectivity index (χ1n) is 10.2. The highest BCUT2D eigenvalue weighted by Crippen LogP contribution is 2.19. The highest BCUT2D eigenvalue weighted by Gasteiger charge is 2.20. The van der Waals surface area contributed by atoms with E-state index in [1.165, 1.54) is 11.3 Å². The second-order valence-corrected chi connectivity index (χ2v) is 7.39. The van der Waals surface area contributed by atoms with E-state index in [4.69, 9.17) is 0 Å². The van der Waals surface area contributed by atoms with E-state index < -0.39 is 6.10 Å². The van der Waals surface area contributed by atoms with E-state index in [0.717, 1.165) is 44.0 Å². The topological polar surface area (TPSA) is 59.9 Å². The highest BCUT2D eigenvalue weighted by molar-refractivity contribution is 14.0. The summed E-state index contributed by atoms with van der Waals surface area (Å²) in [5, 5.41) is 17.3. The SMILES string of the molecule is CCNC(=NCC(O)c1ccc(C)cc1)NC1CCN(c2ccccc2)CC1.I. The van der Waals surface area contributed by atoms with Crippen LogP contribution in [-0.4, -0.2) is 43.3 Å². The summed E-state index contributed by atoms with van der Waals surface area (Å²) in [6.45, 7) is 7.33. The number of nitrogens with zero attached hydrogens (tertiary/aromatic N) is 2. The van der Waals surface area contributed by atoms with E-state index in [9.17, 15) is 5.11 Å². The van der Waals surface area contributed by atoms with Gasteiger partial charge in [-0.2, -0.15) is 0 Å². The van der Waals surface area contributed by atoms with Gasteiger partial charge in [-0.1, -0.05) is 48.0 Å². The van der Waals surface area contributed by atoms with Gasteiger partial charge in [0.15, 0.2) is 5.96 Å². The predicted molar refractivity (Wildman–Crippen MR) is 132 cm³/mol. The maximum Gasteiger partial charge on any atom is 0.191 e. The van der Waals surface area contributed by atoms with Crippen molar-refractivity contribution in [1.82, 2.24) is 10.6 Å². The van der Waals surface area contributed by atoms with Crippen molar-refractivity contribution < 1.29 is 5.11 Å². The first-order chi connectivity index (χ1) is 13.7. The molecule has 0 bridgehead atoms. The van der Waals surface area contributed by atoms with Crippen LogP contribution >= 0.6 is 24.0 Å². The van der Waals surface area contributed by atoms with E-state index in [1.54, 1.807) is 0 Å². The Bertz CT molecular complexity index is 743. The molecule has 0 amide bonds. The first kappa shape index (κ1) is 23.5. The van der Waals surface area contributed by atoms with Crippen molar-refractivity contribution in [3.63, 3.8) is 0 Å². The summed E-state index contributed by atoms with van der Waals surface area (Å²) in [4.78, 5) is 7.05. The average molecular weight is 508 g/mol. The summed E-state index contributed by atoms with van der Waals surface area (Å²) >= 11 is 0. The molecule has 0 saturated carbocycles. The predicted octanol–water partition coefficient (Wildman–Crippen LogP) is 3.87. The van der Waals surface area contributed by atoms with Crippen LogP contribution in [0.15, 0.2) is 59.6 Å². The number of hydrogen-bond acceptors (Lipinski definition) is 3. The van der Waals surface area contributed by atoms with Crippen molar-refractivity contribution in [2.45, 2.75) is 38.8 Å². The maximum atomic E-state index is 10.4. The lowest BCUT2D eigenvalue weighted by molar-refractivity contribution is 0.187. The van der Waals surface area contributed by atoms with Gasteiger partial charge in [-0.25, -0.2) is 0 Å². The van der Waals surface area contributed by atoms with Crippen molar-refractivity contribution in [3.05, 3.63) is 65.7 Å². The Balaban J connectivity index is 0.00000300. The van der Waals surface area contributed by atoms with Gasteiger partial charge in [-0.15, -0.1) is 24.0 Å². The lowest BCUT2D eigenvalue weighted by Crippen LogP contribution is -2.48. The van der Waals surface area contributed by atoms with Crippen LogP contribution in [0.2, 0.25) is 0 Å². The maximum absolute atomic E-state index is 10.4. The lowest BCUT2D eigenvalue weighted by atomic mass is 10.0. The van der Waals surface area contributed by atoms with Crippen LogP contribution in [0.25, 0.3) is 0 Å². The molecule has 0 spiro atoms.